The van der Waals surface area contributed by atoms with Crippen molar-refractivity contribution in [3.8, 4) is 28.5 Å². The molecule has 0 bridgehead atoms. The number of nitrogens with zero attached hydrogens (tertiary/aromatic N) is 2. The highest BCUT2D eigenvalue weighted by Crippen LogP contribution is 2.36. The fourth-order valence-electron chi connectivity index (χ4n) is 4.26. The van der Waals surface area contributed by atoms with Gasteiger partial charge in [-0.15, -0.1) is 11.3 Å². The average molecular weight is 586 g/mol. The van der Waals surface area contributed by atoms with Crippen LogP contribution in [0.25, 0.3) is 28.5 Å². The number of carbonyl (C=O) groups is 2. The van der Waals surface area contributed by atoms with Crippen LogP contribution in [0.3, 0.4) is 0 Å². The van der Waals surface area contributed by atoms with Gasteiger partial charge in [-0.05, 0) is 73.3 Å². The van der Waals surface area contributed by atoms with Gasteiger partial charge in [0.1, 0.15) is 11.1 Å². The summed E-state index contributed by atoms with van der Waals surface area (Å²) in [7, 11) is 0. The largest absolute Gasteiger partial charge is 0.325 e. The van der Waals surface area contributed by atoms with Crippen molar-refractivity contribution in [1.29, 1.82) is 5.26 Å². The van der Waals surface area contributed by atoms with Gasteiger partial charge in [-0.25, -0.2) is 4.98 Å². The number of hydrogen-bond acceptors (Lipinski definition) is 6. The summed E-state index contributed by atoms with van der Waals surface area (Å²) in [5.74, 6) is -0.340. The number of carbonyl (C=O) groups excluding carboxylic acids is 2. The second-order valence-corrected chi connectivity index (χ2v) is 11.9. The molecule has 0 aliphatic heterocycles. The van der Waals surface area contributed by atoms with Crippen LogP contribution in [-0.2, 0) is 4.79 Å². The Balaban J connectivity index is 1.36. The van der Waals surface area contributed by atoms with Gasteiger partial charge in [-0.1, -0.05) is 78.0 Å². The lowest BCUT2D eigenvalue weighted by atomic mass is 9.98. The quantitative estimate of drug-likeness (QED) is 0.106. The van der Waals surface area contributed by atoms with Gasteiger partial charge in [-0.3, -0.25) is 9.59 Å². The molecule has 3 aromatic carbocycles. The Morgan fingerprint density at radius 1 is 0.952 bits per heavy atom. The van der Waals surface area contributed by atoms with Gasteiger partial charge in [0, 0.05) is 27.3 Å². The maximum Gasteiger partial charge on any atom is 0.237 e. The maximum atomic E-state index is 13.2. The number of nitriles is 1. The molecule has 2 heterocycles. The van der Waals surface area contributed by atoms with Crippen molar-refractivity contribution in [2.75, 3.05) is 5.32 Å². The second-order valence-electron chi connectivity index (χ2n) is 9.62. The van der Waals surface area contributed by atoms with Crippen molar-refractivity contribution < 1.29 is 9.59 Å². The van der Waals surface area contributed by atoms with E-state index in [1.807, 2.05) is 85.1 Å². The van der Waals surface area contributed by atoms with Crippen molar-refractivity contribution in [1.82, 2.24) is 4.98 Å². The van der Waals surface area contributed by atoms with E-state index in [1.54, 1.807) is 54.7 Å². The summed E-state index contributed by atoms with van der Waals surface area (Å²) >= 11 is 2.81. The van der Waals surface area contributed by atoms with Gasteiger partial charge in [0.05, 0.1) is 16.5 Å². The standard InChI is InChI=1S/C35H27N3O2S2/c1-23-10-12-25(13-11-23)30-21-32(26-7-4-3-5-8-26)38-35(31(30)22-36)42-24(2)34(40)37-28-16-14-27(15-17-28)33(39)19-18-29-9-6-20-41-29/h3-21,24H,1-2H3,(H,37,40)/b19-18+. The molecule has 0 spiro atoms. The van der Waals surface area contributed by atoms with Gasteiger partial charge in [0.2, 0.25) is 5.91 Å². The van der Waals surface area contributed by atoms with Crippen molar-refractivity contribution >= 4 is 46.6 Å². The predicted octanol–water partition coefficient (Wildman–Crippen LogP) is 8.67. The molecule has 5 rings (SSSR count). The van der Waals surface area contributed by atoms with E-state index in [-0.39, 0.29) is 11.7 Å². The first-order chi connectivity index (χ1) is 20.4. The lowest BCUT2D eigenvalue weighted by Crippen LogP contribution is -2.22. The van der Waals surface area contributed by atoms with Crippen LogP contribution in [-0.4, -0.2) is 21.9 Å². The van der Waals surface area contributed by atoms with E-state index < -0.39 is 5.25 Å². The number of aryl methyl sites for hydroxylation is 1. The highest BCUT2D eigenvalue weighted by atomic mass is 32.2. The highest BCUT2D eigenvalue weighted by Gasteiger charge is 2.21. The highest BCUT2D eigenvalue weighted by molar-refractivity contribution is 8.00. The normalized spacial score (nSPS) is 11.6. The van der Waals surface area contributed by atoms with E-state index >= 15 is 0 Å². The number of thiophene rings is 1. The number of anilines is 1. The van der Waals surface area contributed by atoms with Crippen LogP contribution in [0.4, 0.5) is 5.69 Å². The van der Waals surface area contributed by atoms with Crippen LogP contribution in [0.15, 0.2) is 114 Å². The molecule has 2 aromatic heterocycles. The molecule has 5 nitrogen and oxygen atoms in total. The summed E-state index contributed by atoms with van der Waals surface area (Å²) in [5.41, 5.74) is 6.02. The van der Waals surface area contributed by atoms with E-state index in [0.29, 0.717) is 21.8 Å². The zero-order valence-corrected chi connectivity index (χ0v) is 24.7. The number of benzene rings is 3. The van der Waals surface area contributed by atoms with E-state index in [4.69, 9.17) is 4.98 Å². The molecular weight excluding hydrogens is 559 g/mol. The number of rotatable bonds is 9. The molecule has 1 unspecified atom stereocenters. The summed E-state index contributed by atoms with van der Waals surface area (Å²) in [6.45, 7) is 3.81. The number of nitrogens with one attached hydrogen (secondary N) is 1. The minimum atomic E-state index is -0.545. The van der Waals surface area contributed by atoms with E-state index in [1.165, 1.54) is 11.8 Å². The fraction of sp³-hybridized carbons (Fsp3) is 0.0857. The predicted molar refractivity (Wildman–Crippen MR) is 173 cm³/mol. The Bertz CT molecular complexity index is 1770. The summed E-state index contributed by atoms with van der Waals surface area (Å²) in [5, 5.41) is 15.0. The number of allylic oxidation sites excluding steroid dienone is 1. The minimum absolute atomic E-state index is 0.108. The number of ketones is 1. The van der Waals surface area contributed by atoms with Crippen molar-refractivity contribution in [3.63, 3.8) is 0 Å². The summed E-state index contributed by atoms with van der Waals surface area (Å²) in [6, 6.07) is 32.8. The molecular formula is C35H27N3O2S2. The monoisotopic (exact) mass is 585 g/mol. The molecule has 42 heavy (non-hydrogen) atoms. The molecule has 5 aromatic rings. The zero-order valence-electron chi connectivity index (χ0n) is 23.1. The van der Waals surface area contributed by atoms with Crippen LogP contribution in [0, 0.1) is 18.3 Å². The number of amides is 1. The molecule has 0 aliphatic carbocycles. The molecule has 1 atom stereocenters. The maximum absolute atomic E-state index is 13.2. The van der Waals surface area contributed by atoms with Gasteiger partial charge < -0.3 is 5.32 Å². The second kappa shape index (κ2) is 13.3. The Hall–Kier alpha value is -4.77. The van der Waals surface area contributed by atoms with Gasteiger partial charge >= 0.3 is 0 Å². The third-order valence-electron chi connectivity index (χ3n) is 6.57. The molecule has 0 radical (unpaired) electrons. The van der Waals surface area contributed by atoms with Gasteiger partial charge in [-0.2, -0.15) is 5.26 Å². The molecule has 0 aliphatic rings. The summed E-state index contributed by atoms with van der Waals surface area (Å²) < 4.78 is 0. The SMILES string of the molecule is Cc1ccc(-c2cc(-c3ccccc3)nc(SC(C)C(=O)Nc3ccc(C(=O)/C=C/c4cccs4)cc3)c2C#N)cc1. The van der Waals surface area contributed by atoms with Crippen molar-refractivity contribution in [2.45, 2.75) is 24.1 Å². The van der Waals surface area contributed by atoms with Gasteiger partial charge in [0.15, 0.2) is 5.78 Å². The van der Waals surface area contributed by atoms with Crippen LogP contribution < -0.4 is 5.32 Å². The van der Waals surface area contributed by atoms with Gasteiger partial charge in [0.25, 0.3) is 0 Å². The molecule has 0 saturated heterocycles. The fourth-order valence-corrected chi connectivity index (χ4v) is 5.80. The van der Waals surface area contributed by atoms with Crippen molar-refractivity contribution in [2.24, 2.45) is 0 Å². The lowest BCUT2D eigenvalue weighted by molar-refractivity contribution is -0.115. The molecule has 0 fully saturated rings. The Morgan fingerprint density at radius 3 is 2.36 bits per heavy atom. The number of thioether (sulfide) groups is 1. The molecule has 0 saturated carbocycles. The van der Waals surface area contributed by atoms with Crippen LogP contribution in [0.2, 0.25) is 0 Å². The summed E-state index contributed by atoms with van der Waals surface area (Å²) in [6.07, 6.45) is 3.34. The molecule has 7 heteroatoms. The zero-order chi connectivity index (χ0) is 29.5. The number of aromatic nitrogens is 1. The first-order valence-electron chi connectivity index (χ1n) is 13.3. The van der Waals surface area contributed by atoms with E-state index in [0.717, 1.165) is 32.8 Å². The Kier molecular flexibility index (Phi) is 9.08. The number of pyridine rings is 1. The third-order valence-corrected chi connectivity index (χ3v) is 8.49. The molecule has 1 amide bonds. The Labute approximate surface area is 253 Å². The Morgan fingerprint density at radius 2 is 1.69 bits per heavy atom. The van der Waals surface area contributed by atoms with E-state index in [9.17, 15) is 14.9 Å². The first-order valence-corrected chi connectivity index (χ1v) is 15.1. The number of hydrogen-bond donors (Lipinski definition) is 1. The molecule has 206 valence electrons. The summed E-state index contributed by atoms with van der Waals surface area (Å²) in [4.78, 5) is 31.6. The topological polar surface area (TPSA) is 82.8 Å². The van der Waals surface area contributed by atoms with E-state index in [2.05, 4.69) is 11.4 Å². The van der Waals surface area contributed by atoms with Crippen LogP contribution >= 0.6 is 23.1 Å². The third kappa shape index (κ3) is 6.92. The van der Waals surface area contributed by atoms with Crippen LogP contribution in [0.5, 0.6) is 0 Å². The smallest absolute Gasteiger partial charge is 0.237 e. The van der Waals surface area contributed by atoms with Crippen LogP contribution in [0.1, 0.15) is 33.3 Å². The lowest BCUT2D eigenvalue weighted by Gasteiger charge is -2.16. The first kappa shape index (κ1) is 28.7. The van der Waals surface area contributed by atoms with Crippen molar-refractivity contribution in [3.05, 3.63) is 130 Å². The molecule has 1 N–H and O–H groups in total. The minimum Gasteiger partial charge on any atom is -0.325 e. The average Bonchev–Trinajstić information content (AvgIpc) is 3.54.